The van der Waals surface area contributed by atoms with Crippen LogP contribution in [-0.2, 0) is 0 Å². The summed E-state index contributed by atoms with van der Waals surface area (Å²) in [5.41, 5.74) is 0.645. The Kier molecular flexibility index (Phi) is 5.16. The summed E-state index contributed by atoms with van der Waals surface area (Å²) in [6.07, 6.45) is -0.834. The summed E-state index contributed by atoms with van der Waals surface area (Å²) in [5, 5.41) is 29.2. The average Bonchev–Trinajstić information content (AvgIpc) is 2.53. The van der Waals surface area contributed by atoms with Gasteiger partial charge in [0.1, 0.15) is 11.9 Å². The zero-order valence-corrected chi connectivity index (χ0v) is 13.2. The first-order valence-corrected chi connectivity index (χ1v) is 8.30. The first kappa shape index (κ1) is 16.6. The molecule has 0 aromatic heterocycles. The highest BCUT2D eigenvalue weighted by atomic mass is 19.1. The Hall–Kier alpha value is -1.21. The van der Waals surface area contributed by atoms with Crippen molar-refractivity contribution in [3.05, 3.63) is 30.1 Å². The SMILES string of the molecule is OC1[C@H](O)CN(C[C@H]2CCCN(c3ccccc3F)C2)C[C@@H]1O. The highest BCUT2D eigenvalue weighted by molar-refractivity contribution is 5.47. The van der Waals surface area contributed by atoms with Crippen LogP contribution in [0.1, 0.15) is 12.8 Å². The topological polar surface area (TPSA) is 67.2 Å². The second-order valence-corrected chi connectivity index (χ2v) is 6.75. The molecule has 2 fully saturated rings. The second kappa shape index (κ2) is 7.13. The average molecular weight is 324 g/mol. The molecule has 23 heavy (non-hydrogen) atoms. The van der Waals surface area contributed by atoms with Gasteiger partial charge in [-0.05, 0) is 30.9 Å². The van der Waals surface area contributed by atoms with Gasteiger partial charge in [0.05, 0.1) is 17.9 Å². The van der Waals surface area contributed by atoms with E-state index in [9.17, 15) is 19.7 Å². The number of nitrogens with zero attached hydrogens (tertiary/aromatic N) is 2. The van der Waals surface area contributed by atoms with Crippen molar-refractivity contribution in [2.24, 2.45) is 5.92 Å². The Morgan fingerprint density at radius 2 is 1.74 bits per heavy atom. The molecule has 3 N–H and O–H groups in total. The fraction of sp³-hybridized carbons (Fsp3) is 0.647. The van der Waals surface area contributed by atoms with Crippen LogP contribution >= 0.6 is 0 Å². The van der Waals surface area contributed by atoms with E-state index < -0.39 is 18.3 Å². The van der Waals surface area contributed by atoms with Crippen molar-refractivity contribution in [1.29, 1.82) is 0 Å². The van der Waals surface area contributed by atoms with Crippen LogP contribution in [0, 0.1) is 11.7 Å². The zero-order chi connectivity index (χ0) is 16.4. The molecule has 0 amide bonds. The van der Waals surface area contributed by atoms with Gasteiger partial charge in [-0.3, -0.25) is 4.90 Å². The van der Waals surface area contributed by atoms with E-state index in [0.717, 1.165) is 32.5 Å². The predicted octanol–water partition coefficient (Wildman–Crippen LogP) is 0.440. The van der Waals surface area contributed by atoms with Gasteiger partial charge < -0.3 is 20.2 Å². The molecule has 2 saturated heterocycles. The first-order valence-electron chi connectivity index (χ1n) is 8.30. The van der Waals surface area contributed by atoms with E-state index in [-0.39, 0.29) is 5.82 Å². The summed E-state index contributed by atoms with van der Waals surface area (Å²) in [7, 11) is 0. The molecule has 128 valence electrons. The van der Waals surface area contributed by atoms with Crippen LogP contribution in [0.3, 0.4) is 0 Å². The number of halogens is 1. The molecule has 1 unspecified atom stereocenters. The highest BCUT2D eigenvalue weighted by Gasteiger charge is 2.34. The van der Waals surface area contributed by atoms with Gasteiger partial charge in [0.15, 0.2) is 0 Å². The fourth-order valence-corrected chi connectivity index (χ4v) is 3.73. The van der Waals surface area contributed by atoms with Crippen molar-refractivity contribution in [1.82, 2.24) is 4.90 Å². The standard InChI is InChI=1S/C17H25FN2O3/c18-13-5-1-2-6-14(13)20-7-3-4-12(9-20)8-19-10-15(21)17(23)16(22)11-19/h1-2,5-6,12,15-17,21-23H,3-4,7-11H2/t12-,15-,16+,17?/m1/s1. The molecule has 5 nitrogen and oxygen atoms in total. The van der Waals surface area contributed by atoms with E-state index in [1.807, 2.05) is 17.0 Å². The Labute approximate surface area is 136 Å². The number of rotatable bonds is 3. The van der Waals surface area contributed by atoms with Crippen molar-refractivity contribution < 1.29 is 19.7 Å². The number of aliphatic hydroxyl groups excluding tert-OH is 3. The zero-order valence-electron chi connectivity index (χ0n) is 13.2. The minimum absolute atomic E-state index is 0.194. The number of piperidine rings is 2. The number of β-amino-alcohol motifs (C(OH)–C–C–N with tert-alkyl or cyclic N) is 2. The molecule has 0 spiro atoms. The summed E-state index contributed by atoms with van der Waals surface area (Å²) in [6.45, 7) is 3.10. The van der Waals surface area contributed by atoms with E-state index in [4.69, 9.17) is 0 Å². The van der Waals surface area contributed by atoms with Crippen molar-refractivity contribution in [2.75, 3.05) is 37.6 Å². The van der Waals surface area contributed by atoms with Crippen molar-refractivity contribution in [3.63, 3.8) is 0 Å². The van der Waals surface area contributed by atoms with E-state index in [1.54, 1.807) is 6.07 Å². The lowest BCUT2D eigenvalue weighted by molar-refractivity contribution is -0.112. The van der Waals surface area contributed by atoms with Gasteiger partial charge in [0.25, 0.3) is 0 Å². The van der Waals surface area contributed by atoms with Crippen LogP contribution in [0.15, 0.2) is 24.3 Å². The number of aliphatic hydroxyl groups is 3. The van der Waals surface area contributed by atoms with Gasteiger partial charge in [-0.2, -0.15) is 0 Å². The van der Waals surface area contributed by atoms with Crippen molar-refractivity contribution in [2.45, 2.75) is 31.2 Å². The van der Waals surface area contributed by atoms with Gasteiger partial charge >= 0.3 is 0 Å². The van der Waals surface area contributed by atoms with Gasteiger partial charge in [-0.1, -0.05) is 12.1 Å². The second-order valence-electron chi connectivity index (χ2n) is 6.75. The van der Waals surface area contributed by atoms with Gasteiger partial charge in [0, 0.05) is 32.7 Å². The lowest BCUT2D eigenvalue weighted by atomic mass is 9.94. The molecule has 6 heteroatoms. The molecule has 4 atom stereocenters. The highest BCUT2D eigenvalue weighted by Crippen LogP contribution is 2.26. The Morgan fingerprint density at radius 1 is 1.04 bits per heavy atom. The molecular weight excluding hydrogens is 299 g/mol. The van der Waals surface area contributed by atoms with E-state index in [0.29, 0.717) is 24.7 Å². The fourth-order valence-electron chi connectivity index (χ4n) is 3.73. The summed E-state index contributed by atoms with van der Waals surface area (Å²) >= 11 is 0. The Bertz CT molecular complexity index is 518. The van der Waals surface area contributed by atoms with Crippen LogP contribution in [-0.4, -0.2) is 71.3 Å². The van der Waals surface area contributed by atoms with Gasteiger partial charge in [-0.25, -0.2) is 4.39 Å². The lowest BCUT2D eigenvalue weighted by Gasteiger charge is -2.41. The van der Waals surface area contributed by atoms with Gasteiger partial charge in [0.2, 0.25) is 0 Å². The quantitative estimate of drug-likeness (QED) is 0.753. The van der Waals surface area contributed by atoms with Crippen LogP contribution in [0.2, 0.25) is 0 Å². The normalized spacial score (nSPS) is 33.0. The molecule has 2 aliphatic rings. The van der Waals surface area contributed by atoms with Crippen LogP contribution in [0.25, 0.3) is 0 Å². The number of hydrogen-bond donors (Lipinski definition) is 3. The third kappa shape index (κ3) is 3.83. The molecule has 1 aromatic carbocycles. The number of hydrogen-bond acceptors (Lipinski definition) is 5. The van der Waals surface area contributed by atoms with Crippen LogP contribution in [0.5, 0.6) is 0 Å². The van der Waals surface area contributed by atoms with E-state index in [2.05, 4.69) is 4.90 Å². The molecule has 2 heterocycles. The van der Waals surface area contributed by atoms with E-state index >= 15 is 0 Å². The van der Waals surface area contributed by atoms with E-state index in [1.165, 1.54) is 6.07 Å². The summed E-state index contributed by atoms with van der Waals surface area (Å²) in [4.78, 5) is 4.08. The minimum atomic E-state index is -1.06. The first-order chi connectivity index (χ1) is 11.0. The van der Waals surface area contributed by atoms with Crippen LogP contribution in [0.4, 0.5) is 10.1 Å². The number of benzene rings is 1. The number of likely N-dealkylation sites (tertiary alicyclic amines) is 1. The van der Waals surface area contributed by atoms with Crippen LogP contribution < -0.4 is 4.90 Å². The Balaban J connectivity index is 1.60. The molecule has 1 aromatic rings. The molecule has 3 rings (SSSR count). The van der Waals surface area contributed by atoms with Crippen molar-refractivity contribution >= 4 is 5.69 Å². The molecule has 2 aliphatic heterocycles. The number of anilines is 1. The maximum absolute atomic E-state index is 14.0. The third-order valence-corrected chi connectivity index (χ3v) is 4.91. The molecule has 0 bridgehead atoms. The molecule has 0 saturated carbocycles. The molecular formula is C17H25FN2O3. The monoisotopic (exact) mass is 324 g/mol. The predicted molar refractivity (Wildman–Crippen MR) is 85.8 cm³/mol. The summed E-state index contributed by atoms with van der Waals surface area (Å²) < 4.78 is 14.0. The minimum Gasteiger partial charge on any atom is -0.389 e. The summed E-state index contributed by atoms with van der Waals surface area (Å²) in [5.74, 6) is 0.165. The lowest BCUT2D eigenvalue weighted by Crippen LogP contribution is -2.56. The summed E-state index contributed by atoms with van der Waals surface area (Å²) in [6, 6.07) is 6.84. The molecule has 0 aliphatic carbocycles. The third-order valence-electron chi connectivity index (χ3n) is 4.91. The van der Waals surface area contributed by atoms with Crippen molar-refractivity contribution in [3.8, 4) is 0 Å². The smallest absolute Gasteiger partial charge is 0.146 e. The number of para-hydroxylation sites is 1. The maximum atomic E-state index is 14.0. The Morgan fingerprint density at radius 3 is 2.43 bits per heavy atom. The largest absolute Gasteiger partial charge is 0.389 e. The van der Waals surface area contributed by atoms with Gasteiger partial charge in [-0.15, -0.1) is 0 Å². The maximum Gasteiger partial charge on any atom is 0.146 e. The molecule has 0 radical (unpaired) electrons.